The Morgan fingerprint density at radius 3 is 1.52 bits per heavy atom. The third-order valence-electron chi connectivity index (χ3n) is 4.91. The minimum absolute atomic E-state index is 0.0762. The van der Waals surface area contributed by atoms with Gasteiger partial charge in [0.2, 0.25) is 5.79 Å². The lowest BCUT2D eigenvalue weighted by molar-refractivity contribution is -0.222. The summed E-state index contributed by atoms with van der Waals surface area (Å²) < 4.78 is 11.0. The molecule has 3 aliphatic carbocycles. The van der Waals surface area contributed by atoms with E-state index in [2.05, 4.69) is 0 Å². The maximum Gasteiger partial charge on any atom is 0.217 e. The molecule has 0 aromatic carbocycles. The third-order valence-corrected chi connectivity index (χ3v) is 7.56. The standard InChI is InChI=1S/C13H14Cl4O4/c1-20-13(21-2)11(16)7-5(18)3-4-6(19)8(7)12(13,17)10(15)9(11)14/h3-8,18-19H,1-2H3/t5-,6+,7-,8+,11+,12-. The Hall–Kier alpha value is 0.480. The Kier molecular flexibility index (Phi) is 3.69. The van der Waals surface area contributed by atoms with E-state index in [1.165, 1.54) is 26.4 Å². The van der Waals surface area contributed by atoms with Crippen molar-refractivity contribution in [2.24, 2.45) is 11.8 Å². The normalized spacial score (nSPS) is 50.7. The fourth-order valence-electron chi connectivity index (χ4n) is 4.14. The first-order chi connectivity index (χ1) is 9.74. The zero-order chi connectivity index (χ0) is 15.8. The van der Waals surface area contributed by atoms with E-state index in [0.29, 0.717) is 0 Å². The number of aliphatic hydroxyl groups is 2. The second-order valence-corrected chi connectivity index (χ2v) is 7.44. The van der Waals surface area contributed by atoms with E-state index in [4.69, 9.17) is 55.9 Å². The largest absolute Gasteiger partial charge is 0.389 e. The Morgan fingerprint density at radius 1 is 0.905 bits per heavy atom. The summed E-state index contributed by atoms with van der Waals surface area (Å²) in [6.45, 7) is 0. The van der Waals surface area contributed by atoms with Gasteiger partial charge >= 0.3 is 0 Å². The summed E-state index contributed by atoms with van der Waals surface area (Å²) in [5.41, 5.74) is 0. The van der Waals surface area contributed by atoms with Crippen molar-refractivity contribution in [1.82, 2.24) is 0 Å². The summed E-state index contributed by atoms with van der Waals surface area (Å²) in [6.07, 6.45) is 1.01. The monoisotopic (exact) mass is 374 g/mol. The van der Waals surface area contributed by atoms with E-state index < -0.39 is 39.6 Å². The van der Waals surface area contributed by atoms with E-state index in [1.807, 2.05) is 0 Å². The number of ether oxygens (including phenoxy) is 2. The fraction of sp³-hybridized carbons (Fsp3) is 0.692. The van der Waals surface area contributed by atoms with Gasteiger partial charge in [-0.15, -0.1) is 23.2 Å². The number of methoxy groups -OCH3 is 2. The smallest absolute Gasteiger partial charge is 0.217 e. The number of hydrogen-bond donors (Lipinski definition) is 2. The Labute approximate surface area is 142 Å². The number of alkyl halides is 2. The molecule has 1 saturated carbocycles. The van der Waals surface area contributed by atoms with Gasteiger partial charge in [-0.2, -0.15) is 0 Å². The molecule has 0 radical (unpaired) electrons. The van der Waals surface area contributed by atoms with Crippen LogP contribution >= 0.6 is 46.4 Å². The average Bonchev–Trinajstić information content (AvgIpc) is 2.72. The minimum Gasteiger partial charge on any atom is -0.389 e. The zero-order valence-electron chi connectivity index (χ0n) is 11.2. The van der Waals surface area contributed by atoms with Gasteiger partial charge in [0.05, 0.1) is 22.3 Å². The van der Waals surface area contributed by atoms with Gasteiger partial charge in [-0.1, -0.05) is 35.4 Å². The molecule has 6 atom stereocenters. The molecule has 3 rings (SSSR count). The molecule has 0 heterocycles. The van der Waals surface area contributed by atoms with Gasteiger partial charge < -0.3 is 19.7 Å². The van der Waals surface area contributed by atoms with E-state index in [9.17, 15) is 10.2 Å². The summed E-state index contributed by atoms with van der Waals surface area (Å²) >= 11 is 26.2. The first-order valence-electron chi connectivity index (χ1n) is 6.32. The van der Waals surface area contributed by atoms with Gasteiger partial charge in [-0.3, -0.25) is 0 Å². The molecular formula is C13H14Cl4O4. The molecule has 0 aromatic heterocycles. The molecular weight excluding hydrogens is 362 g/mol. The minimum atomic E-state index is -1.60. The summed E-state index contributed by atoms with van der Waals surface area (Å²) in [5.74, 6) is -3.00. The highest BCUT2D eigenvalue weighted by Gasteiger charge is 2.86. The van der Waals surface area contributed by atoms with Crippen molar-refractivity contribution in [2.45, 2.75) is 27.7 Å². The van der Waals surface area contributed by atoms with Crippen LogP contribution in [0.15, 0.2) is 22.2 Å². The van der Waals surface area contributed by atoms with Gasteiger partial charge in [0.15, 0.2) is 0 Å². The molecule has 2 N–H and O–H groups in total. The van der Waals surface area contributed by atoms with Crippen LogP contribution in [-0.2, 0) is 9.47 Å². The van der Waals surface area contributed by atoms with Crippen molar-refractivity contribution in [2.75, 3.05) is 14.2 Å². The lowest BCUT2D eigenvalue weighted by atomic mass is 9.72. The Bertz CT molecular complexity index is 504. The Balaban J connectivity index is 2.34. The molecule has 0 amide bonds. The van der Waals surface area contributed by atoms with Crippen LogP contribution in [0, 0.1) is 11.8 Å². The topological polar surface area (TPSA) is 58.9 Å². The number of fused-ring (bicyclic) bond motifs is 5. The second kappa shape index (κ2) is 4.74. The van der Waals surface area contributed by atoms with Crippen LogP contribution in [0.3, 0.4) is 0 Å². The maximum atomic E-state index is 10.3. The molecule has 0 aromatic rings. The van der Waals surface area contributed by atoms with Crippen molar-refractivity contribution in [3.05, 3.63) is 22.2 Å². The van der Waals surface area contributed by atoms with E-state index in [1.54, 1.807) is 0 Å². The molecule has 118 valence electrons. The molecule has 4 nitrogen and oxygen atoms in total. The van der Waals surface area contributed by atoms with Crippen molar-refractivity contribution >= 4 is 46.4 Å². The quantitative estimate of drug-likeness (QED) is 0.441. The van der Waals surface area contributed by atoms with Crippen molar-refractivity contribution in [3.8, 4) is 0 Å². The maximum absolute atomic E-state index is 10.3. The number of aliphatic hydroxyl groups excluding tert-OH is 2. The van der Waals surface area contributed by atoms with Crippen LogP contribution in [0.2, 0.25) is 0 Å². The molecule has 3 aliphatic rings. The van der Waals surface area contributed by atoms with Crippen LogP contribution in [0.1, 0.15) is 0 Å². The molecule has 2 bridgehead atoms. The molecule has 0 unspecified atom stereocenters. The molecule has 8 heteroatoms. The highest BCUT2D eigenvalue weighted by molar-refractivity contribution is 6.52. The van der Waals surface area contributed by atoms with Crippen LogP contribution < -0.4 is 0 Å². The predicted octanol–water partition coefficient (Wildman–Crippen LogP) is 2.17. The average molecular weight is 376 g/mol. The molecule has 0 spiro atoms. The highest BCUT2D eigenvalue weighted by Crippen LogP contribution is 2.75. The van der Waals surface area contributed by atoms with Crippen molar-refractivity contribution in [1.29, 1.82) is 0 Å². The van der Waals surface area contributed by atoms with Crippen LogP contribution in [0.4, 0.5) is 0 Å². The predicted molar refractivity (Wildman–Crippen MR) is 80.8 cm³/mol. The van der Waals surface area contributed by atoms with Crippen LogP contribution in [0.5, 0.6) is 0 Å². The van der Waals surface area contributed by atoms with Gasteiger partial charge in [-0.05, 0) is 0 Å². The SMILES string of the molecule is COC1(OC)[C@@]2(Cl)C(Cl)=C(Cl)[C@]1(Cl)[C@@H]1[C@H]2[C@H](O)C=C[C@@H]1O. The highest BCUT2D eigenvalue weighted by atomic mass is 35.5. The van der Waals surface area contributed by atoms with Crippen molar-refractivity contribution < 1.29 is 19.7 Å². The van der Waals surface area contributed by atoms with Gasteiger partial charge in [0.1, 0.15) is 9.75 Å². The van der Waals surface area contributed by atoms with E-state index >= 15 is 0 Å². The first-order valence-corrected chi connectivity index (χ1v) is 7.84. The summed E-state index contributed by atoms with van der Waals surface area (Å²) in [5, 5.41) is 20.9. The first kappa shape index (κ1) is 16.3. The zero-order valence-corrected chi connectivity index (χ0v) is 14.2. The van der Waals surface area contributed by atoms with E-state index in [0.717, 1.165) is 0 Å². The fourth-order valence-corrected chi connectivity index (χ4v) is 6.41. The third kappa shape index (κ3) is 1.45. The summed E-state index contributed by atoms with van der Waals surface area (Å²) in [4.78, 5) is -2.99. The lowest BCUT2D eigenvalue weighted by Crippen LogP contribution is -2.58. The summed E-state index contributed by atoms with van der Waals surface area (Å²) in [6, 6.07) is 0. The summed E-state index contributed by atoms with van der Waals surface area (Å²) in [7, 11) is 2.75. The number of halogens is 4. The van der Waals surface area contributed by atoms with Gasteiger partial charge in [0, 0.05) is 26.1 Å². The van der Waals surface area contributed by atoms with E-state index in [-0.39, 0.29) is 10.1 Å². The molecule has 0 saturated heterocycles. The van der Waals surface area contributed by atoms with Crippen LogP contribution in [0.25, 0.3) is 0 Å². The second-order valence-electron chi connectivity index (χ2n) is 5.49. The molecule has 21 heavy (non-hydrogen) atoms. The van der Waals surface area contributed by atoms with Gasteiger partial charge in [-0.25, -0.2) is 0 Å². The van der Waals surface area contributed by atoms with Crippen LogP contribution in [-0.4, -0.2) is 52.2 Å². The number of rotatable bonds is 2. The van der Waals surface area contributed by atoms with Gasteiger partial charge in [0.25, 0.3) is 0 Å². The lowest BCUT2D eigenvalue weighted by Gasteiger charge is -2.41. The van der Waals surface area contributed by atoms with Crippen molar-refractivity contribution in [3.63, 3.8) is 0 Å². The molecule has 1 fully saturated rings. The molecule has 0 aliphatic heterocycles. The Morgan fingerprint density at radius 2 is 1.24 bits per heavy atom. The number of hydrogen-bond acceptors (Lipinski definition) is 4.